The van der Waals surface area contributed by atoms with E-state index in [9.17, 15) is 9.59 Å². The van der Waals surface area contributed by atoms with Crippen LogP contribution in [0.1, 0.15) is 11.1 Å². The number of aryl methyl sites for hydroxylation is 1. The predicted octanol–water partition coefficient (Wildman–Crippen LogP) is 4.16. The summed E-state index contributed by atoms with van der Waals surface area (Å²) in [4.78, 5) is 30.4. The highest BCUT2D eigenvalue weighted by Crippen LogP contribution is 2.22. The second kappa shape index (κ2) is 8.23. The molecule has 0 saturated heterocycles. The summed E-state index contributed by atoms with van der Waals surface area (Å²) in [6.45, 7) is 0.477. The molecular formula is C22H17Cl2N3O2. The van der Waals surface area contributed by atoms with Gasteiger partial charge in [-0.05, 0) is 41.8 Å². The molecule has 0 unspecified atom stereocenters. The topological polar surface area (TPSA) is 56.9 Å². The molecule has 4 rings (SSSR count). The van der Waals surface area contributed by atoms with Crippen molar-refractivity contribution in [2.75, 3.05) is 0 Å². The Balaban J connectivity index is 1.82. The van der Waals surface area contributed by atoms with Crippen molar-refractivity contribution in [1.82, 2.24) is 14.1 Å². The number of hydrogen-bond donors (Lipinski definition) is 0. The average Bonchev–Trinajstić information content (AvgIpc) is 2.73. The molecule has 0 bridgehead atoms. The Morgan fingerprint density at radius 3 is 2.45 bits per heavy atom. The van der Waals surface area contributed by atoms with Crippen LogP contribution in [0, 0.1) is 0 Å². The highest BCUT2D eigenvalue weighted by molar-refractivity contribution is 6.35. The summed E-state index contributed by atoms with van der Waals surface area (Å²) in [7, 11) is 0. The van der Waals surface area contributed by atoms with Gasteiger partial charge in [0.25, 0.3) is 5.56 Å². The molecule has 0 fully saturated rings. The van der Waals surface area contributed by atoms with Gasteiger partial charge < -0.3 is 0 Å². The third-order valence-electron chi connectivity index (χ3n) is 4.80. The first-order valence-electron chi connectivity index (χ1n) is 9.11. The quantitative estimate of drug-likeness (QED) is 0.482. The van der Waals surface area contributed by atoms with Gasteiger partial charge in [-0.2, -0.15) is 0 Å². The lowest BCUT2D eigenvalue weighted by molar-refractivity contribution is 0.588. The number of hydrogen-bond acceptors (Lipinski definition) is 3. The molecule has 4 aromatic rings. The minimum Gasteiger partial charge on any atom is -0.287 e. The minimum absolute atomic E-state index is 0.211. The molecule has 0 saturated carbocycles. The van der Waals surface area contributed by atoms with E-state index in [1.807, 2.05) is 30.3 Å². The average molecular weight is 426 g/mol. The first-order chi connectivity index (χ1) is 14.0. The molecule has 29 heavy (non-hydrogen) atoms. The number of pyridine rings is 1. The summed E-state index contributed by atoms with van der Waals surface area (Å²) in [5.41, 5.74) is 1.73. The van der Waals surface area contributed by atoms with Crippen LogP contribution in [-0.4, -0.2) is 14.1 Å². The molecule has 2 heterocycles. The molecule has 146 valence electrons. The Bertz CT molecular complexity index is 1300. The number of nitrogens with zero attached hydrogens (tertiary/aromatic N) is 3. The normalized spacial score (nSPS) is 11.1. The molecule has 0 aliphatic carbocycles. The Morgan fingerprint density at radius 2 is 1.69 bits per heavy atom. The van der Waals surface area contributed by atoms with Gasteiger partial charge >= 0.3 is 5.69 Å². The van der Waals surface area contributed by atoms with E-state index in [0.717, 1.165) is 11.1 Å². The number of rotatable bonds is 5. The smallest absolute Gasteiger partial charge is 0.287 e. The SMILES string of the molecule is O=c1c2ncccc2n(Cc2ccc(Cl)cc2Cl)c(=O)n1CCc1ccccc1. The Hall–Kier alpha value is -2.89. The van der Waals surface area contributed by atoms with Gasteiger partial charge in [-0.25, -0.2) is 9.78 Å². The van der Waals surface area contributed by atoms with Crippen LogP contribution in [0.4, 0.5) is 0 Å². The van der Waals surface area contributed by atoms with Crippen molar-refractivity contribution in [3.05, 3.63) is 109 Å². The molecule has 0 aliphatic heterocycles. The molecule has 0 N–H and O–H groups in total. The molecule has 5 nitrogen and oxygen atoms in total. The van der Waals surface area contributed by atoms with Gasteiger partial charge in [0.15, 0.2) is 5.52 Å². The van der Waals surface area contributed by atoms with Crippen molar-refractivity contribution in [2.45, 2.75) is 19.5 Å². The second-order valence-electron chi connectivity index (χ2n) is 6.67. The van der Waals surface area contributed by atoms with Gasteiger partial charge in [0.2, 0.25) is 0 Å². The Labute approximate surface area is 176 Å². The fourth-order valence-corrected chi connectivity index (χ4v) is 3.77. The second-order valence-corrected chi connectivity index (χ2v) is 7.51. The largest absolute Gasteiger partial charge is 0.331 e. The molecule has 0 amide bonds. The molecule has 0 radical (unpaired) electrons. The lowest BCUT2D eigenvalue weighted by Gasteiger charge is -2.14. The molecule has 7 heteroatoms. The molecule has 0 spiro atoms. The van der Waals surface area contributed by atoms with Crippen LogP contribution in [0.15, 0.2) is 76.4 Å². The Morgan fingerprint density at radius 1 is 0.897 bits per heavy atom. The van der Waals surface area contributed by atoms with Crippen molar-refractivity contribution in [3.63, 3.8) is 0 Å². The van der Waals surface area contributed by atoms with Crippen molar-refractivity contribution < 1.29 is 0 Å². The first kappa shape index (κ1) is 19.4. The van der Waals surface area contributed by atoms with Gasteiger partial charge in [0, 0.05) is 22.8 Å². The van der Waals surface area contributed by atoms with Crippen LogP contribution >= 0.6 is 23.2 Å². The molecule has 2 aromatic carbocycles. The molecular weight excluding hydrogens is 409 g/mol. The maximum atomic E-state index is 13.2. The van der Waals surface area contributed by atoms with Crippen LogP contribution in [0.5, 0.6) is 0 Å². The van der Waals surface area contributed by atoms with Crippen molar-refractivity contribution >= 4 is 34.2 Å². The standard InChI is InChI=1S/C22H17Cl2N3O2/c23-17-9-8-16(18(24)13-17)14-27-19-7-4-11-25-20(19)21(28)26(22(27)29)12-10-15-5-2-1-3-6-15/h1-9,11,13H,10,12,14H2. The third-order valence-corrected chi connectivity index (χ3v) is 5.38. The zero-order valence-electron chi connectivity index (χ0n) is 15.4. The van der Waals surface area contributed by atoms with Crippen molar-refractivity contribution in [1.29, 1.82) is 0 Å². The van der Waals surface area contributed by atoms with Crippen LogP contribution < -0.4 is 11.2 Å². The van der Waals surface area contributed by atoms with Crippen molar-refractivity contribution in [2.24, 2.45) is 0 Å². The summed E-state index contributed by atoms with van der Waals surface area (Å²) >= 11 is 12.3. The van der Waals surface area contributed by atoms with Gasteiger partial charge in [0.1, 0.15) is 0 Å². The fraction of sp³-hybridized carbons (Fsp3) is 0.136. The van der Waals surface area contributed by atoms with Crippen LogP contribution in [0.3, 0.4) is 0 Å². The Kier molecular flexibility index (Phi) is 5.51. The number of aromatic nitrogens is 3. The van der Waals surface area contributed by atoms with E-state index in [-0.39, 0.29) is 24.2 Å². The van der Waals surface area contributed by atoms with E-state index in [0.29, 0.717) is 22.0 Å². The lowest BCUT2D eigenvalue weighted by atomic mass is 10.1. The van der Waals surface area contributed by atoms with Crippen molar-refractivity contribution in [3.8, 4) is 0 Å². The van der Waals surface area contributed by atoms with Crippen LogP contribution in [0.2, 0.25) is 10.0 Å². The van der Waals surface area contributed by atoms with Gasteiger partial charge in [-0.15, -0.1) is 0 Å². The number of benzene rings is 2. The maximum absolute atomic E-state index is 13.2. The summed E-state index contributed by atoms with van der Waals surface area (Å²) < 4.78 is 2.77. The summed E-state index contributed by atoms with van der Waals surface area (Å²) in [6, 6.07) is 18.3. The highest BCUT2D eigenvalue weighted by Gasteiger charge is 2.15. The predicted molar refractivity (Wildman–Crippen MR) is 116 cm³/mol. The maximum Gasteiger partial charge on any atom is 0.331 e. The highest BCUT2D eigenvalue weighted by atomic mass is 35.5. The monoisotopic (exact) mass is 425 g/mol. The van der Waals surface area contributed by atoms with E-state index in [1.165, 1.54) is 9.13 Å². The fourth-order valence-electron chi connectivity index (χ4n) is 3.30. The minimum atomic E-state index is -0.391. The lowest BCUT2D eigenvalue weighted by Crippen LogP contribution is -2.41. The number of halogens is 2. The summed E-state index contributed by atoms with van der Waals surface area (Å²) in [5, 5.41) is 0.980. The molecule has 0 atom stereocenters. The van der Waals surface area contributed by atoms with E-state index in [4.69, 9.17) is 23.2 Å². The van der Waals surface area contributed by atoms with E-state index in [1.54, 1.807) is 36.5 Å². The zero-order valence-corrected chi connectivity index (χ0v) is 16.9. The number of fused-ring (bicyclic) bond motifs is 1. The summed E-state index contributed by atoms with van der Waals surface area (Å²) in [5.74, 6) is 0. The van der Waals surface area contributed by atoms with Crippen LogP contribution in [0.25, 0.3) is 11.0 Å². The van der Waals surface area contributed by atoms with E-state index < -0.39 is 5.69 Å². The third kappa shape index (κ3) is 3.97. The van der Waals surface area contributed by atoms with Gasteiger partial charge in [-0.3, -0.25) is 13.9 Å². The summed E-state index contributed by atoms with van der Waals surface area (Å²) in [6.07, 6.45) is 2.12. The van der Waals surface area contributed by atoms with E-state index in [2.05, 4.69) is 4.98 Å². The zero-order chi connectivity index (χ0) is 20.4. The molecule has 2 aromatic heterocycles. The molecule has 0 aliphatic rings. The van der Waals surface area contributed by atoms with Gasteiger partial charge in [0.05, 0.1) is 12.1 Å². The van der Waals surface area contributed by atoms with Crippen LogP contribution in [-0.2, 0) is 19.5 Å². The van der Waals surface area contributed by atoms with E-state index >= 15 is 0 Å². The van der Waals surface area contributed by atoms with Gasteiger partial charge in [-0.1, -0.05) is 59.6 Å². The first-order valence-corrected chi connectivity index (χ1v) is 9.86.